The summed E-state index contributed by atoms with van der Waals surface area (Å²) in [4.78, 5) is 0. The highest BCUT2D eigenvalue weighted by Gasteiger charge is 2.22. The van der Waals surface area contributed by atoms with Gasteiger partial charge in [0.1, 0.15) is 0 Å². The van der Waals surface area contributed by atoms with Crippen molar-refractivity contribution in [1.82, 2.24) is 5.32 Å². The van der Waals surface area contributed by atoms with E-state index >= 15 is 0 Å². The second kappa shape index (κ2) is 8.41. The van der Waals surface area contributed by atoms with Gasteiger partial charge in [0.05, 0.1) is 0 Å². The number of rotatable bonds is 7. The van der Waals surface area contributed by atoms with Gasteiger partial charge < -0.3 is 5.32 Å². The average molecular weight is 243 g/mol. The zero-order valence-corrected chi connectivity index (χ0v) is 12.1. The first kappa shape index (κ1) is 14.4. The number of hydrogen-bond donors (Lipinski definition) is 1. The van der Waals surface area contributed by atoms with Gasteiger partial charge >= 0.3 is 0 Å². The normalized spacial score (nSPS) is 26.2. The van der Waals surface area contributed by atoms with E-state index in [1.54, 1.807) is 0 Å². The molecule has 0 bridgehead atoms. The Bertz CT molecular complexity index is 162. The SMILES string of the molecule is CSCCCCNC1CCC(C(C)C)CC1. The second-order valence-electron chi connectivity index (χ2n) is 5.51. The van der Waals surface area contributed by atoms with Crippen molar-refractivity contribution in [3.05, 3.63) is 0 Å². The first-order valence-corrected chi connectivity index (χ1v) is 8.35. The van der Waals surface area contributed by atoms with Crippen molar-refractivity contribution in [2.75, 3.05) is 18.6 Å². The molecule has 0 amide bonds. The fraction of sp³-hybridized carbons (Fsp3) is 1.00. The van der Waals surface area contributed by atoms with E-state index in [9.17, 15) is 0 Å². The van der Waals surface area contributed by atoms with Crippen LogP contribution in [0.25, 0.3) is 0 Å². The van der Waals surface area contributed by atoms with Crippen LogP contribution in [0.2, 0.25) is 0 Å². The van der Waals surface area contributed by atoms with Gasteiger partial charge in [0.25, 0.3) is 0 Å². The van der Waals surface area contributed by atoms with Crippen LogP contribution in [0.1, 0.15) is 52.4 Å². The van der Waals surface area contributed by atoms with E-state index in [0.29, 0.717) is 0 Å². The minimum Gasteiger partial charge on any atom is -0.314 e. The largest absolute Gasteiger partial charge is 0.314 e. The molecule has 0 radical (unpaired) electrons. The molecule has 1 saturated carbocycles. The molecule has 0 saturated heterocycles. The molecular formula is C14H29NS. The summed E-state index contributed by atoms with van der Waals surface area (Å²) in [6.45, 7) is 5.99. The first-order valence-electron chi connectivity index (χ1n) is 6.96. The van der Waals surface area contributed by atoms with Crippen molar-refractivity contribution in [1.29, 1.82) is 0 Å². The Hall–Kier alpha value is 0.310. The number of hydrogen-bond acceptors (Lipinski definition) is 2. The molecule has 96 valence electrons. The monoisotopic (exact) mass is 243 g/mol. The maximum Gasteiger partial charge on any atom is 0.00672 e. The standard InChI is InChI=1S/C14H29NS/c1-12(2)13-6-8-14(9-7-13)15-10-4-5-11-16-3/h12-15H,4-11H2,1-3H3. The van der Waals surface area contributed by atoms with Crippen molar-refractivity contribution >= 4 is 11.8 Å². The predicted octanol–water partition coefficient (Wildman–Crippen LogP) is 3.93. The average Bonchev–Trinajstić information content (AvgIpc) is 2.29. The molecule has 0 aliphatic heterocycles. The highest BCUT2D eigenvalue weighted by molar-refractivity contribution is 7.98. The van der Waals surface area contributed by atoms with E-state index in [0.717, 1.165) is 17.9 Å². The third-order valence-electron chi connectivity index (χ3n) is 3.92. The van der Waals surface area contributed by atoms with E-state index in [2.05, 4.69) is 25.4 Å². The highest BCUT2D eigenvalue weighted by Crippen LogP contribution is 2.29. The van der Waals surface area contributed by atoms with E-state index < -0.39 is 0 Å². The molecule has 1 nitrogen and oxygen atoms in total. The summed E-state index contributed by atoms with van der Waals surface area (Å²) in [7, 11) is 0. The fourth-order valence-electron chi connectivity index (χ4n) is 2.67. The van der Waals surface area contributed by atoms with Gasteiger partial charge in [-0.3, -0.25) is 0 Å². The second-order valence-corrected chi connectivity index (χ2v) is 6.50. The molecule has 1 fully saturated rings. The zero-order chi connectivity index (χ0) is 11.8. The van der Waals surface area contributed by atoms with Gasteiger partial charge in [-0.05, 0) is 68.9 Å². The molecule has 1 aliphatic rings. The third kappa shape index (κ3) is 5.58. The lowest BCUT2D eigenvalue weighted by molar-refractivity contribution is 0.239. The molecule has 2 heteroatoms. The molecule has 1 aliphatic carbocycles. The molecule has 0 spiro atoms. The van der Waals surface area contributed by atoms with Crippen LogP contribution in [0.4, 0.5) is 0 Å². The van der Waals surface area contributed by atoms with Crippen molar-refractivity contribution in [2.24, 2.45) is 11.8 Å². The van der Waals surface area contributed by atoms with Gasteiger partial charge in [-0.1, -0.05) is 13.8 Å². The lowest BCUT2D eigenvalue weighted by atomic mass is 9.80. The number of nitrogens with one attached hydrogen (secondary N) is 1. The molecule has 0 aromatic carbocycles. The van der Waals surface area contributed by atoms with Crippen LogP contribution in [0.3, 0.4) is 0 Å². The number of unbranched alkanes of at least 4 members (excludes halogenated alkanes) is 1. The van der Waals surface area contributed by atoms with E-state index in [1.165, 1.54) is 50.8 Å². The van der Waals surface area contributed by atoms with Crippen LogP contribution in [-0.2, 0) is 0 Å². The van der Waals surface area contributed by atoms with Crippen molar-refractivity contribution < 1.29 is 0 Å². The van der Waals surface area contributed by atoms with E-state index in [4.69, 9.17) is 0 Å². The Balaban J connectivity index is 1.99. The van der Waals surface area contributed by atoms with Gasteiger partial charge in [-0.2, -0.15) is 11.8 Å². The minimum atomic E-state index is 0.823. The molecular weight excluding hydrogens is 214 g/mol. The van der Waals surface area contributed by atoms with Crippen LogP contribution in [0.15, 0.2) is 0 Å². The molecule has 1 rings (SSSR count). The summed E-state index contributed by atoms with van der Waals surface area (Å²) in [6.07, 6.45) is 10.6. The summed E-state index contributed by atoms with van der Waals surface area (Å²) in [5.41, 5.74) is 0. The van der Waals surface area contributed by atoms with Crippen molar-refractivity contribution in [3.8, 4) is 0 Å². The Labute approximate surface area is 106 Å². The van der Waals surface area contributed by atoms with Crippen LogP contribution in [-0.4, -0.2) is 24.6 Å². The molecule has 1 N–H and O–H groups in total. The summed E-state index contributed by atoms with van der Waals surface area (Å²) >= 11 is 1.96. The first-order chi connectivity index (χ1) is 7.74. The molecule has 0 atom stereocenters. The van der Waals surface area contributed by atoms with Gasteiger partial charge in [0, 0.05) is 6.04 Å². The van der Waals surface area contributed by atoms with E-state index in [-0.39, 0.29) is 0 Å². The van der Waals surface area contributed by atoms with Crippen LogP contribution in [0, 0.1) is 11.8 Å². The van der Waals surface area contributed by atoms with Gasteiger partial charge in [-0.15, -0.1) is 0 Å². The maximum atomic E-state index is 3.73. The van der Waals surface area contributed by atoms with Crippen molar-refractivity contribution in [3.63, 3.8) is 0 Å². The van der Waals surface area contributed by atoms with Gasteiger partial charge in [0.15, 0.2) is 0 Å². The fourth-order valence-corrected chi connectivity index (χ4v) is 3.16. The Morgan fingerprint density at radius 3 is 2.38 bits per heavy atom. The van der Waals surface area contributed by atoms with Crippen LogP contribution in [0.5, 0.6) is 0 Å². The third-order valence-corrected chi connectivity index (χ3v) is 4.62. The quantitative estimate of drug-likeness (QED) is 0.680. The maximum absolute atomic E-state index is 3.73. The molecule has 0 heterocycles. The summed E-state index contributed by atoms with van der Waals surface area (Å²) in [6, 6.07) is 0.823. The summed E-state index contributed by atoms with van der Waals surface area (Å²) in [5, 5.41) is 3.73. The zero-order valence-electron chi connectivity index (χ0n) is 11.3. The Morgan fingerprint density at radius 1 is 1.12 bits per heavy atom. The van der Waals surface area contributed by atoms with Crippen molar-refractivity contribution in [2.45, 2.75) is 58.4 Å². The molecule has 0 unspecified atom stereocenters. The minimum absolute atomic E-state index is 0.823. The number of thioether (sulfide) groups is 1. The summed E-state index contributed by atoms with van der Waals surface area (Å²) < 4.78 is 0. The lowest BCUT2D eigenvalue weighted by Crippen LogP contribution is -2.34. The molecule has 0 aromatic rings. The Kier molecular flexibility index (Phi) is 7.55. The Morgan fingerprint density at radius 2 is 1.81 bits per heavy atom. The van der Waals surface area contributed by atoms with Gasteiger partial charge in [0.2, 0.25) is 0 Å². The van der Waals surface area contributed by atoms with Crippen LogP contribution >= 0.6 is 11.8 Å². The topological polar surface area (TPSA) is 12.0 Å². The molecule has 0 aromatic heterocycles. The van der Waals surface area contributed by atoms with Gasteiger partial charge in [-0.25, -0.2) is 0 Å². The van der Waals surface area contributed by atoms with E-state index in [1.807, 2.05) is 11.8 Å². The summed E-state index contributed by atoms with van der Waals surface area (Å²) in [5.74, 6) is 3.21. The highest BCUT2D eigenvalue weighted by atomic mass is 32.2. The van der Waals surface area contributed by atoms with Crippen LogP contribution < -0.4 is 5.32 Å². The lowest BCUT2D eigenvalue weighted by Gasteiger charge is -2.31. The molecule has 16 heavy (non-hydrogen) atoms. The smallest absolute Gasteiger partial charge is 0.00672 e. The predicted molar refractivity (Wildman–Crippen MR) is 76.2 cm³/mol.